The number of nitrogens with two attached hydrogens (primary N) is 1. The van der Waals surface area contributed by atoms with E-state index >= 15 is 0 Å². The van der Waals surface area contributed by atoms with Gasteiger partial charge in [0.15, 0.2) is 0 Å². The summed E-state index contributed by atoms with van der Waals surface area (Å²) in [7, 11) is -3.85. The molecule has 0 saturated heterocycles. The van der Waals surface area contributed by atoms with Gasteiger partial charge in [-0.25, -0.2) is 8.42 Å². The predicted octanol–water partition coefficient (Wildman–Crippen LogP) is 1.10. The van der Waals surface area contributed by atoms with Crippen molar-refractivity contribution in [2.75, 3.05) is 16.6 Å². The highest BCUT2D eigenvalue weighted by Gasteiger charge is 2.27. The standard InChI is InChI=1S/C12H13N5O2S/c13-7-4-8-17(10-5-2-1-3-6-10)20(18,19)11-9-15-16-12(11)14/h1-3,5-6,9H,4,8H2,(H3,14,15,16). The average molecular weight is 291 g/mol. The SMILES string of the molecule is N#CCCN(c1ccccc1)S(=O)(=O)c1cn[nH]c1N. The Hall–Kier alpha value is -2.53. The Balaban J connectivity index is 2.47. The van der Waals surface area contributed by atoms with Crippen LogP contribution in [-0.2, 0) is 10.0 Å². The third-order valence-electron chi connectivity index (χ3n) is 2.67. The van der Waals surface area contributed by atoms with Gasteiger partial charge in [0, 0.05) is 6.54 Å². The molecule has 3 N–H and O–H groups in total. The summed E-state index contributed by atoms with van der Waals surface area (Å²) in [6.07, 6.45) is 1.23. The number of sulfonamides is 1. The van der Waals surface area contributed by atoms with Crippen LogP contribution in [0.4, 0.5) is 11.5 Å². The van der Waals surface area contributed by atoms with Crippen molar-refractivity contribution in [1.82, 2.24) is 10.2 Å². The van der Waals surface area contributed by atoms with Gasteiger partial charge in [-0.1, -0.05) is 18.2 Å². The quantitative estimate of drug-likeness (QED) is 0.855. The van der Waals surface area contributed by atoms with E-state index < -0.39 is 10.0 Å². The molecule has 0 aliphatic rings. The Morgan fingerprint density at radius 1 is 1.35 bits per heavy atom. The molecule has 0 aliphatic heterocycles. The van der Waals surface area contributed by atoms with Crippen molar-refractivity contribution in [1.29, 1.82) is 5.26 Å². The number of rotatable bonds is 5. The summed E-state index contributed by atoms with van der Waals surface area (Å²) in [5, 5.41) is 14.7. The lowest BCUT2D eigenvalue weighted by atomic mass is 10.3. The highest BCUT2D eigenvalue weighted by atomic mass is 32.2. The number of hydrogen-bond acceptors (Lipinski definition) is 5. The van der Waals surface area contributed by atoms with Gasteiger partial charge in [0.1, 0.15) is 10.7 Å². The molecule has 0 fully saturated rings. The molecule has 0 spiro atoms. The molecule has 7 nitrogen and oxygen atoms in total. The third kappa shape index (κ3) is 2.57. The lowest BCUT2D eigenvalue weighted by Crippen LogP contribution is -2.32. The Kier molecular flexibility index (Phi) is 3.91. The maximum absolute atomic E-state index is 12.6. The normalized spacial score (nSPS) is 10.9. The minimum atomic E-state index is -3.85. The summed E-state index contributed by atoms with van der Waals surface area (Å²) in [4.78, 5) is -0.0979. The number of nitriles is 1. The Labute approximate surface area is 116 Å². The molecule has 1 heterocycles. The number of H-pyrrole nitrogens is 1. The van der Waals surface area contributed by atoms with Gasteiger partial charge in [-0.3, -0.25) is 9.40 Å². The Morgan fingerprint density at radius 2 is 2.05 bits per heavy atom. The molecule has 0 bridgehead atoms. The van der Waals surface area contributed by atoms with E-state index in [4.69, 9.17) is 11.0 Å². The molecule has 0 saturated carbocycles. The number of nitrogens with one attached hydrogen (secondary N) is 1. The number of aromatic amines is 1. The summed E-state index contributed by atoms with van der Waals surface area (Å²) >= 11 is 0. The topological polar surface area (TPSA) is 116 Å². The van der Waals surface area contributed by atoms with Crippen molar-refractivity contribution in [3.05, 3.63) is 36.5 Å². The van der Waals surface area contributed by atoms with E-state index in [9.17, 15) is 8.42 Å². The zero-order valence-corrected chi connectivity index (χ0v) is 11.3. The first kappa shape index (κ1) is 13.9. The second-order valence-electron chi connectivity index (χ2n) is 3.97. The minimum Gasteiger partial charge on any atom is -0.383 e. The number of aromatic nitrogens is 2. The van der Waals surface area contributed by atoms with Gasteiger partial charge in [0.05, 0.1) is 24.4 Å². The molecular weight excluding hydrogens is 278 g/mol. The molecule has 0 atom stereocenters. The fourth-order valence-corrected chi connectivity index (χ4v) is 3.22. The molecule has 0 unspecified atom stereocenters. The highest BCUT2D eigenvalue weighted by molar-refractivity contribution is 7.93. The number of nitrogen functional groups attached to an aromatic ring is 1. The number of para-hydroxylation sites is 1. The van der Waals surface area contributed by atoms with Crippen LogP contribution in [0.1, 0.15) is 6.42 Å². The van der Waals surface area contributed by atoms with E-state index in [2.05, 4.69) is 10.2 Å². The summed E-state index contributed by atoms with van der Waals surface area (Å²) in [6.45, 7) is 0.0491. The van der Waals surface area contributed by atoms with Crippen molar-refractivity contribution < 1.29 is 8.42 Å². The Bertz CT molecular complexity index is 718. The molecule has 0 aliphatic carbocycles. The first-order chi connectivity index (χ1) is 9.57. The number of anilines is 2. The monoisotopic (exact) mass is 291 g/mol. The lowest BCUT2D eigenvalue weighted by molar-refractivity contribution is 0.591. The number of benzene rings is 1. The first-order valence-corrected chi connectivity index (χ1v) is 7.25. The lowest BCUT2D eigenvalue weighted by Gasteiger charge is -2.22. The van der Waals surface area contributed by atoms with Crippen molar-refractivity contribution in [2.45, 2.75) is 11.3 Å². The summed E-state index contributed by atoms with van der Waals surface area (Å²) in [5.41, 5.74) is 6.06. The Morgan fingerprint density at radius 3 is 2.60 bits per heavy atom. The van der Waals surface area contributed by atoms with Crippen molar-refractivity contribution in [3.63, 3.8) is 0 Å². The van der Waals surface area contributed by atoms with E-state index in [1.54, 1.807) is 30.3 Å². The van der Waals surface area contributed by atoms with Crippen LogP contribution < -0.4 is 10.0 Å². The molecule has 2 rings (SSSR count). The van der Waals surface area contributed by atoms with Crippen LogP contribution in [0, 0.1) is 11.3 Å². The second-order valence-corrected chi connectivity index (χ2v) is 5.80. The van der Waals surface area contributed by atoms with Crippen LogP contribution in [0.3, 0.4) is 0 Å². The molecule has 0 amide bonds. The molecule has 104 valence electrons. The van der Waals surface area contributed by atoms with E-state index in [0.717, 1.165) is 10.5 Å². The molecular formula is C12H13N5O2S. The van der Waals surface area contributed by atoms with Crippen LogP contribution in [0.15, 0.2) is 41.4 Å². The van der Waals surface area contributed by atoms with E-state index in [0.29, 0.717) is 5.69 Å². The van der Waals surface area contributed by atoms with Crippen molar-refractivity contribution >= 4 is 21.5 Å². The largest absolute Gasteiger partial charge is 0.383 e. The smallest absolute Gasteiger partial charge is 0.269 e. The fourth-order valence-electron chi connectivity index (χ4n) is 1.74. The van der Waals surface area contributed by atoms with E-state index in [-0.39, 0.29) is 23.7 Å². The molecule has 1 aromatic heterocycles. The molecule has 2 aromatic rings. The van der Waals surface area contributed by atoms with Crippen LogP contribution in [0.25, 0.3) is 0 Å². The van der Waals surface area contributed by atoms with Gasteiger partial charge in [0.25, 0.3) is 10.0 Å². The first-order valence-electron chi connectivity index (χ1n) is 5.81. The minimum absolute atomic E-state index is 0.0251. The van der Waals surface area contributed by atoms with Gasteiger partial charge in [-0.15, -0.1) is 0 Å². The zero-order valence-electron chi connectivity index (χ0n) is 10.5. The molecule has 0 radical (unpaired) electrons. The van der Waals surface area contributed by atoms with Gasteiger partial charge in [0.2, 0.25) is 0 Å². The van der Waals surface area contributed by atoms with E-state index in [1.165, 1.54) is 0 Å². The number of hydrogen-bond donors (Lipinski definition) is 2. The van der Waals surface area contributed by atoms with Gasteiger partial charge in [-0.2, -0.15) is 10.4 Å². The van der Waals surface area contributed by atoms with Crippen molar-refractivity contribution in [2.24, 2.45) is 0 Å². The average Bonchev–Trinajstić information content (AvgIpc) is 2.87. The van der Waals surface area contributed by atoms with Crippen molar-refractivity contribution in [3.8, 4) is 6.07 Å². The zero-order chi connectivity index (χ0) is 14.6. The predicted molar refractivity (Wildman–Crippen MR) is 74.2 cm³/mol. The van der Waals surface area contributed by atoms with Gasteiger partial charge in [-0.05, 0) is 12.1 Å². The van der Waals surface area contributed by atoms with Crippen LogP contribution >= 0.6 is 0 Å². The second kappa shape index (κ2) is 5.63. The van der Waals surface area contributed by atoms with Gasteiger partial charge < -0.3 is 5.73 Å². The molecule has 20 heavy (non-hydrogen) atoms. The number of nitrogens with zero attached hydrogens (tertiary/aromatic N) is 3. The molecule has 8 heteroatoms. The summed E-state index contributed by atoms with van der Waals surface area (Å²) < 4.78 is 26.3. The molecule has 1 aromatic carbocycles. The summed E-state index contributed by atoms with van der Waals surface area (Å²) in [6, 6.07) is 10.5. The van der Waals surface area contributed by atoms with Crippen LogP contribution in [0.2, 0.25) is 0 Å². The maximum Gasteiger partial charge on any atom is 0.269 e. The van der Waals surface area contributed by atoms with Crippen LogP contribution in [0.5, 0.6) is 0 Å². The highest BCUT2D eigenvalue weighted by Crippen LogP contribution is 2.25. The maximum atomic E-state index is 12.6. The summed E-state index contributed by atoms with van der Waals surface area (Å²) in [5.74, 6) is -0.0251. The van der Waals surface area contributed by atoms with Gasteiger partial charge >= 0.3 is 0 Å². The van der Waals surface area contributed by atoms with Crippen LogP contribution in [-0.4, -0.2) is 25.2 Å². The fraction of sp³-hybridized carbons (Fsp3) is 0.167. The van der Waals surface area contributed by atoms with E-state index in [1.807, 2.05) is 6.07 Å². The third-order valence-corrected chi connectivity index (χ3v) is 4.53.